The Labute approximate surface area is 249 Å². The molecule has 0 unspecified atom stereocenters. The van der Waals surface area contributed by atoms with Gasteiger partial charge in [0.2, 0.25) is 11.9 Å². The molecule has 5 rings (SSSR count). The Kier molecular flexibility index (Phi) is 8.61. The van der Waals surface area contributed by atoms with Crippen LogP contribution >= 0.6 is 23.2 Å². The van der Waals surface area contributed by atoms with Gasteiger partial charge in [-0.3, -0.25) is 9.59 Å². The fourth-order valence-corrected chi connectivity index (χ4v) is 5.76. The zero-order chi connectivity index (χ0) is 29.3. The van der Waals surface area contributed by atoms with Crippen molar-refractivity contribution in [3.63, 3.8) is 0 Å². The van der Waals surface area contributed by atoms with Crippen molar-refractivity contribution in [1.29, 1.82) is 0 Å². The number of hydrogen-bond donors (Lipinski definition) is 4. The van der Waals surface area contributed by atoms with Gasteiger partial charge >= 0.3 is 0 Å². The van der Waals surface area contributed by atoms with Gasteiger partial charge in [0, 0.05) is 24.5 Å². The molecule has 0 spiro atoms. The number of pyridine rings is 1. The maximum absolute atomic E-state index is 14.1. The van der Waals surface area contributed by atoms with E-state index in [1.807, 2.05) is 25.7 Å². The van der Waals surface area contributed by atoms with Gasteiger partial charge in [0.15, 0.2) is 5.65 Å². The van der Waals surface area contributed by atoms with Crippen LogP contribution in [0, 0.1) is 5.41 Å². The molecule has 3 heterocycles. The molecular weight excluding hydrogens is 568 g/mol. The molecule has 0 bridgehead atoms. The topological polar surface area (TPSA) is 115 Å². The number of carbonyl (C=O) groups is 2. The van der Waals surface area contributed by atoms with Gasteiger partial charge in [0.1, 0.15) is 12.0 Å². The molecule has 9 nitrogen and oxygen atoms in total. The third kappa shape index (κ3) is 6.70. The van der Waals surface area contributed by atoms with Crippen LogP contribution < -0.4 is 20.9 Å². The normalized spacial score (nSPS) is 18.1. The lowest BCUT2D eigenvalue weighted by Crippen LogP contribution is -2.37. The van der Waals surface area contributed by atoms with Crippen LogP contribution in [0.1, 0.15) is 75.2 Å². The van der Waals surface area contributed by atoms with E-state index in [0.717, 1.165) is 25.7 Å². The second-order valence-electron chi connectivity index (χ2n) is 11.9. The Morgan fingerprint density at radius 2 is 1.88 bits per heavy atom. The lowest BCUT2D eigenvalue weighted by atomic mass is 9.95. The van der Waals surface area contributed by atoms with E-state index in [1.165, 1.54) is 6.42 Å². The van der Waals surface area contributed by atoms with Crippen LogP contribution in [0.15, 0.2) is 18.2 Å². The standard InChI is InChI=1S/C29H36Cl2FN7O2/c1-29(2,3)27(41)33-14-16-9-10-20(30)23(22(16)31)36-28-35-21-13-19(26(40)34-18-7-5-4-6-8-18)25(37-24(21)38-28)39-12-11-17(32)15-39/h9-10,13,17-18H,4-8,11-12,14-15H2,1-3H3,(H,33,41)(H,34,40)(H2,35,36,37,38)/t17-/m0/s1. The summed E-state index contributed by atoms with van der Waals surface area (Å²) < 4.78 is 14.1. The Hall–Kier alpha value is -3.11. The Morgan fingerprint density at radius 3 is 2.56 bits per heavy atom. The minimum Gasteiger partial charge on any atom is -0.353 e. The summed E-state index contributed by atoms with van der Waals surface area (Å²) in [4.78, 5) is 40.0. The van der Waals surface area contributed by atoms with Gasteiger partial charge in [-0.2, -0.15) is 4.98 Å². The molecular formula is C29H36Cl2FN7O2. The number of carbonyl (C=O) groups excluding carboxylic acids is 2. The number of H-pyrrole nitrogens is 1. The fraction of sp³-hybridized carbons (Fsp3) is 0.517. The number of alkyl halides is 1. The molecule has 1 atom stereocenters. The van der Waals surface area contributed by atoms with Crippen LogP contribution in [0.5, 0.6) is 0 Å². The number of halogens is 3. The van der Waals surface area contributed by atoms with E-state index >= 15 is 0 Å². The van der Waals surface area contributed by atoms with E-state index in [9.17, 15) is 14.0 Å². The van der Waals surface area contributed by atoms with E-state index in [4.69, 9.17) is 28.2 Å². The van der Waals surface area contributed by atoms with Gasteiger partial charge in [-0.25, -0.2) is 9.37 Å². The number of aromatic nitrogens is 3. The van der Waals surface area contributed by atoms with Crippen molar-refractivity contribution in [3.8, 4) is 0 Å². The number of benzene rings is 1. The fourth-order valence-electron chi connectivity index (χ4n) is 5.23. The van der Waals surface area contributed by atoms with Crippen molar-refractivity contribution < 1.29 is 14.0 Å². The number of anilines is 3. The number of hydrogen-bond acceptors (Lipinski definition) is 6. The summed E-state index contributed by atoms with van der Waals surface area (Å²) >= 11 is 13.2. The third-order valence-corrected chi connectivity index (χ3v) is 8.35. The minimum atomic E-state index is -0.970. The molecule has 2 aliphatic rings. The highest BCUT2D eigenvalue weighted by atomic mass is 35.5. The molecule has 1 aromatic carbocycles. The van der Waals surface area contributed by atoms with Crippen LogP contribution in [-0.2, 0) is 11.3 Å². The largest absolute Gasteiger partial charge is 0.353 e. The monoisotopic (exact) mass is 603 g/mol. The zero-order valence-electron chi connectivity index (χ0n) is 23.5. The molecule has 3 aromatic rings. The molecule has 1 aliphatic carbocycles. The van der Waals surface area contributed by atoms with Crippen molar-refractivity contribution >= 4 is 63.6 Å². The summed E-state index contributed by atoms with van der Waals surface area (Å²) in [5.41, 5.74) is 1.88. The summed E-state index contributed by atoms with van der Waals surface area (Å²) in [7, 11) is 0. The van der Waals surface area contributed by atoms with Crippen molar-refractivity contribution in [1.82, 2.24) is 25.6 Å². The molecule has 1 saturated carbocycles. The number of rotatable bonds is 7. The minimum absolute atomic E-state index is 0.0994. The van der Waals surface area contributed by atoms with Crippen molar-refractivity contribution in [3.05, 3.63) is 39.4 Å². The van der Waals surface area contributed by atoms with E-state index in [-0.39, 0.29) is 30.9 Å². The molecule has 4 N–H and O–H groups in total. The average Bonchev–Trinajstić information content (AvgIpc) is 3.54. The number of amides is 2. The van der Waals surface area contributed by atoms with E-state index < -0.39 is 11.6 Å². The van der Waals surface area contributed by atoms with Crippen molar-refractivity contribution in [2.75, 3.05) is 23.3 Å². The number of nitrogens with zero attached hydrogens (tertiary/aromatic N) is 3. The van der Waals surface area contributed by atoms with Crippen molar-refractivity contribution in [2.24, 2.45) is 5.41 Å². The smallest absolute Gasteiger partial charge is 0.255 e. The van der Waals surface area contributed by atoms with Crippen LogP contribution in [-0.4, -0.2) is 52.1 Å². The second-order valence-corrected chi connectivity index (χ2v) is 12.7. The molecule has 220 valence electrons. The average molecular weight is 605 g/mol. The molecule has 2 aromatic heterocycles. The first-order valence-corrected chi connectivity index (χ1v) is 14.9. The molecule has 1 saturated heterocycles. The highest BCUT2D eigenvalue weighted by Crippen LogP contribution is 2.36. The van der Waals surface area contributed by atoms with Crippen molar-refractivity contribution in [2.45, 2.75) is 78.1 Å². The van der Waals surface area contributed by atoms with Gasteiger partial charge in [0.05, 0.1) is 33.4 Å². The SMILES string of the molecule is CC(C)(C)C(=O)NCc1ccc(Cl)c(Nc2nc3nc(N4CC[C@H](F)C4)c(C(=O)NC4CCCCC4)cc3[nH]2)c1Cl. The zero-order valence-corrected chi connectivity index (χ0v) is 25.1. The molecule has 1 aliphatic heterocycles. The van der Waals surface area contributed by atoms with Crippen LogP contribution in [0.25, 0.3) is 11.2 Å². The van der Waals surface area contributed by atoms with Gasteiger partial charge in [-0.15, -0.1) is 0 Å². The van der Waals surface area contributed by atoms with Gasteiger partial charge in [-0.1, -0.05) is 69.3 Å². The summed E-state index contributed by atoms with van der Waals surface area (Å²) in [6.07, 6.45) is 4.69. The quantitative estimate of drug-likeness (QED) is 0.252. The highest BCUT2D eigenvalue weighted by Gasteiger charge is 2.29. The third-order valence-electron chi connectivity index (χ3n) is 7.60. The molecule has 12 heteroatoms. The summed E-state index contributed by atoms with van der Waals surface area (Å²) in [6.45, 7) is 6.40. The summed E-state index contributed by atoms with van der Waals surface area (Å²) in [6, 6.07) is 5.30. The van der Waals surface area contributed by atoms with Crippen LogP contribution in [0.2, 0.25) is 10.0 Å². The molecule has 2 fully saturated rings. The van der Waals surface area contributed by atoms with Gasteiger partial charge in [0.25, 0.3) is 5.91 Å². The first kappa shape index (κ1) is 29.4. The number of aromatic amines is 1. The lowest BCUT2D eigenvalue weighted by Gasteiger charge is -2.24. The van der Waals surface area contributed by atoms with Crippen LogP contribution in [0.3, 0.4) is 0 Å². The Bertz CT molecular complexity index is 1450. The van der Waals surface area contributed by atoms with E-state index in [0.29, 0.717) is 62.8 Å². The summed E-state index contributed by atoms with van der Waals surface area (Å²) in [5.74, 6) is 0.436. The molecule has 41 heavy (non-hydrogen) atoms. The van der Waals surface area contributed by atoms with E-state index in [2.05, 4.69) is 25.9 Å². The summed E-state index contributed by atoms with van der Waals surface area (Å²) in [5, 5.41) is 9.91. The van der Waals surface area contributed by atoms with Gasteiger partial charge in [-0.05, 0) is 37.0 Å². The number of nitrogens with one attached hydrogen (secondary N) is 4. The van der Waals surface area contributed by atoms with Crippen LogP contribution in [0.4, 0.5) is 21.8 Å². The Balaban J connectivity index is 1.43. The number of fused-ring (bicyclic) bond motifs is 1. The predicted octanol–water partition coefficient (Wildman–Crippen LogP) is 6.28. The van der Waals surface area contributed by atoms with E-state index in [1.54, 1.807) is 18.2 Å². The lowest BCUT2D eigenvalue weighted by molar-refractivity contribution is -0.128. The first-order valence-electron chi connectivity index (χ1n) is 14.1. The van der Waals surface area contributed by atoms with Gasteiger partial charge < -0.3 is 25.8 Å². The predicted molar refractivity (Wildman–Crippen MR) is 161 cm³/mol. The highest BCUT2D eigenvalue weighted by molar-refractivity contribution is 6.39. The maximum atomic E-state index is 14.1. The first-order chi connectivity index (χ1) is 19.5. The molecule has 0 radical (unpaired) electrons. The maximum Gasteiger partial charge on any atom is 0.255 e. The Morgan fingerprint density at radius 1 is 1.12 bits per heavy atom. The molecule has 2 amide bonds. The second kappa shape index (κ2) is 12.0. The number of imidazole rings is 1.